The summed E-state index contributed by atoms with van der Waals surface area (Å²) in [6, 6.07) is 8.04. The third-order valence-corrected chi connectivity index (χ3v) is 5.63. The van der Waals surface area contributed by atoms with Crippen LogP contribution >= 0.6 is 23.1 Å². The van der Waals surface area contributed by atoms with Gasteiger partial charge in [0.15, 0.2) is 4.34 Å². The van der Waals surface area contributed by atoms with E-state index in [9.17, 15) is 4.79 Å². The minimum absolute atomic E-state index is 0.0671. The second-order valence-corrected chi connectivity index (χ2v) is 7.29. The van der Waals surface area contributed by atoms with E-state index in [-0.39, 0.29) is 5.91 Å². The second kappa shape index (κ2) is 7.92. The first-order valence-electron chi connectivity index (χ1n) is 7.36. The van der Waals surface area contributed by atoms with Crippen LogP contribution < -0.4 is 5.32 Å². The van der Waals surface area contributed by atoms with Gasteiger partial charge >= 0.3 is 0 Å². The first-order chi connectivity index (χ1) is 10.8. The molecular weight excluding hydrogens is 318 g/mol. The number of para-hydroxylation sites is 1. The first-order valence-corrected chi connectivity index (χ1v) is 9.16. The maximum absolute atomic E-state index is 11.9. The van der Waals surface area contributed by atoms with Gasteiger partial charge in [-0.25, -0.2) is 4.98 Å². The van der Waals surface area contributed by atoms with Crippen LogP contribution in [0.4, 0.5) is 0 Å². The molecule has 0 atom stereocenters. The van der Waals surface area contributed by atoms with Crippen LogP contribution in [0.3, 0.4) is 0 Å². The lowest BCUT2D eigenvalue weighted by atomic mass is 10.3. The lowest BCUT2D eigenvalue weighted by Crippen LogP contribution is -2.41. The molecular formula is C15H19N3O2S2. The standard InChI is InChI=1S/C15H19N3O2S2/c19-14(16-5-6-18-7-9-20-10-8-18)11-21-15-17-12-3-1-2-4-13(12)22-15/h1-4H,5-11H2,(H,16,19). The molecule has 3 rings (SSSR count). The molecule has 0 radical (unpaired) electrons. The van der Waals surface area contributed by atoms with Gasteiger partial charge in [0.05, 0.1) is 29.2 Å². The van der Waals surface area contributed by atoms with Crippen molar-refractivity contribution in [1.82, 2.24) is 15.2 Å². The maximum atomic E-state index is 11.9. The third kappa shape index (κ3) is 4.42. The Morgan fingerprint density at radius 1 is 1.36 bits per heavy atom. The summed E-state index contributed by atoms with van der Waals surface area (Å²) in [5.74, 6) is 0.487. The van der Waals surface area contributed by atoms with Crippen molar-refractivity contribution >= 4 is 39.2 Å². The number of carbonyl (C=O) groups is 1. The summed E-state index contributed by atoms with van der Waals surface area (Å²) >= 11 is 3.14. The Labute approximate surface area is 138 Å². The van der Waals surface area contributed by atoms with Crippen LogP contribution in [0.5, 0.6) is 0 Å². The Balaban J connectivity index is 1.38. The van der Waals surface area contributed by atoms with Crippen LogP contribution in [-0.4, -0.2) is 60.9 Å². The fourth-order valence-corrected chi connectivity index (χ4v) is 4.17. The average molecular weight is 337 g/mol. The number of benzene rings is 1. The molecule has 0 unspecified atom stereocenters. The highest BCUT2D eigenvalue weighted by Gasteiger charge is 2.11. The Morgan fingerprint density at radius 2 is 2.18 bits per heavy atom. The van der Waals surface area contributed by atoms with Gasteiger partial charge < -0.3 is 10.1 Å². The highest BCUT2D eigenvalue weighted by atomic mass is 32.2. The summed E-state index contributed by atoms with van der Waals surface area (Å²) in [6.07, 6.45) is 0. The minimum Gasteiger partial charge on any atom is -0.379 e. The number of hydrogen-bond donors (Lipinski definition) is 1. The van der Waals surface area contributed by atoms with Gasteiger partial charge in [-0.2, -0.15) is 0 Å². The van der Waals surface area contributed by atoms with Gasteiger partial charge in [-0.05, 0) is 12.1 Å². The zero-order valence-electron chi connectivity index (χ0n) is 12.3. The SMILES string of the molecule is O=C(CSc1nc2ccccc2s1)NCCN1CCOCC1. The van der Waals surface area contributed by atoms with Crippen molar-refractivity contribution in [3.05, 3.63) is 24.3 Å². The molecule has 7 heteroatoms. The molecule has 22 heavy (non-hydrogen) atoms. The highest BCUT2D eigenvalue weighted by molar-refractivity contribution is 8.01. The van der Waals surface area contributed by atoms with E-state index in [1.165, 1.54) is 11.8 Å². The molecule has 5 nitrogen and oxygen atoms in total. The normalized spacial score (nSPS) is 16.0. The predicted molar refractivity (Wildman–Crippen MR) is 90.6 cm³/mol. The van der Waals surface area contributed by atoms with Crippen LogP contribution in [0, 0.1) is 0 Å². The van der Waals surface area contributed by atoms with Gasteiger partial charge in [-0.15, -0.1) is 11.3 Å². The molecule has 1 aromatic heterocycles. The number of thioether (sulfide) groups is 1. The molecule has 0 bridgehead atoms. The summed E-state index contributed by atoms with van der Waals surface area (Å²) in [6.45, 7) is 5.08. The van der Waals surface area contributed by atoms with Crippen molar-refractivity contribution in [1.29, 1.82) is 0 Å². The molecule has 1 N–H and O–H groups in total. The summed E-state index contributed by atoms with van der Waals surface area (Å²) in [5, 5.41) is 2.97. The van der Waals surface area contributed by atoms with Gasteiger partial charge in [-0.3, -0.25) is 9.69 Å². The average Bonchev–Trinajstić information content (AvgIpc) is 2.97. The Hall–Kier alpha value is -1.15. The summed E-state index contributed by atoms with van der Waals surface area (Å²) in [5.41, 5.74) is 1.00. The number of rotatable bonds is 6. The fourth-order valence-electron chi connectivity index (χ4n) is 2.27. The van der Waals surface area contributed by atoms with Crippen LogP contribution in [0.1, 0.15) is 0 Å². The molecule has 1 fully saturated rings. The molecule has 118 valence electrons. The van der Waals surface area contributed by atoms with Gasteiger partial charge in [0.25, 0.3) is 0 Å². The molecule has 1 saturated heterocycles. The Kier molecular flexibility index (Phi) is 5.66. The predicted octanol–water partition coefficient (Wildman–Crippen LogP) is 1.84. The van der Waals surface area contributed by atoms with Crippen LogP contribution in [0.2, 0.25) is 0 Å². The lowest BCUT2D eigenvalue weighted by Gasteiger charge is -2.26. The zero-order valence-corrected chi connectivity index (χ0v) is 13.9. The van der Waals surface area contributed by atoms with E-state index in [1.807, 2.05) is 18.2 Å². The molecule has 1 amide bonds. The molecule has 2 aromatic rings. The summed E-state index contributed by atoms with van der Waals surface area (Å²) < 4.78 is 7.41. The number of amides is 1. The number of ether oxygens (including phenoxy) is 1. The molecule has 0 aliphatic carbocycles. The van der Waals surface area contributed by atoms with E-state index < -0.39 is 0 Å². The van der Waals surface area contributed by atoms with E-state index in [2.05, 4.69) is 21.3 Å². The van der Waals surface area contributed by atoms with Crippen molar-refractivity contribution < 1.29 is 9.53 Å². The maximum Gasteiger partial charge on any atom is 0.230 e. The monoisotopic (exact) mass is 337 g/mol. The molecule has 1 aliphatic heterocycles. The fraction of sp³-hybridized carbons (Fsp3) is 0.467. The van der Waals surface area contributed by atoms with Crippen molar-refractivity contribution in [2.24, 2.45) is 0 Å². The van der Waals surface area contributed by atoms with E-state index in [0.717, 1.165) is 47.4 Å². The molecule has 2 heterocycles. The molecule has 0 spiro atoms. The lowest BCUT2D eigenvalue weighted by molar-refractivity contribution is -0.118. The number of thiazole rings is 1. The summed E-state index contributed by atoms with van der Waals surface area (Å²) in [4.78, 5) is 18.7. The van der Waals surface area contributed by atoms with Crippen LogP contribution in [0.15, 0.2) is 28.6 Å². The van der Waals surface area contributed by atoms with Crippen molar-refractivity contribution in [3.63, 3.8) is 0 Å². The zero-order chi connectivity index (χ0) is 15.2. The number of carbonyl (C=O) groups excluding carboxylic acids is 1. The molecule has 1 aromatic carbocycles. The van der Waals surface area contributed by atoms with Gasteiger partial charge in [0.2, 0.25) is 5.91 Å². The van der Waals surface area contributed by atoms with Crippen LogP contribution in [-0.2, 0) is 9.53 Å². The van der Waals surface area contributed by atoms with Gasteiger partial charge in [0, 0.05) is 26.2 Å². The van der Waals surface area contributed by atoms with Crippen LogP contribution in [0.25, 0.3) is 10.2 Å². The van der Waals surface area contributed by atoms with Crippen molar-refractivity contribution in [2.75, 3.05) is 45.1 Å². The van der Waals surface area contributed by atoms with E-state index in [1.54, 1.807) is 11.3 Å². The number of nitrogens with zero attached hydrogens (tertiary/aromatic N) is 2. The van der Waals surface area contributed by atoms with Crippen molar-refractivity contribution in [2.45, 2.75) is 4.34 Å². The second-order valence-electron chi connectivity index (χ2n) is 5.04. The van der Waals surface area contributed by atoms with Gasteiger partial charge in [0.1, 0.15) is 0 Å². The van der Waals surface area contributed by atoms with Crippen molar-refractivity contribution in [3.8, 4) is 0 Å². The number of hydrogen-bond acceptors (Lipinski definition) is 6. The van der Waals surface area contributed by atoms with Gasteiger partial charge in [-0.1, -0.05) is 23.9 Å². The third-order valence-electron chi connectivity index (χ3n) is 3.45. The van der Waals surface area contributed by atoms with E-state index in [4.69, 9.17) is 4.74 Å². The summed E-state index contributed by atoms with van der Waals surface area (Å²) in [7, 11) is 0. The topological polar surface area (TPSA) is 54.5 Å². The smallest absolute Gasteiger partial charge is 0.230 e. The quantitative estimate of drug-likeness (QED) is 0.815. The first kappa shape index (κ1) is 15.7. The number of aromatic nitrogens is 1. The number of fused-ring (bicyclic) bond motifs is 1. The minimum atomic E-state index is 0.0671. The number of nitrogens with one attached hydrogen (secondary N) is 1. The Bertz CT molecular complexity index is 593. The number of morpholine rings is 1. The Morgan fingerprint density at radius 3 is 3.00 bits per heavy atom. The van der Waals surface area contributed by atoms with E-state index in [0.29, 0.717) is 12.3 Å². The molecule has 1 aliphatic rings. The highest BCUT2D eigenvalue weighted by Crippen LogP contribution is 2.28. The molecule has 0 saturated carbocycles. The van der Waals surface area contributed by atoms with E-state index >= 15 is 0 Å². The largest absolute Gasteiger partial charge is 0.379 e.